The summed E-state index contributed by atoms with van der Waals surface area (Å²) in [6.07, 6.45) is 1.68. The number of aliphatic hydroxyl groups excluding tert-OH is 1. The van der Waals surface area contributed by atoms with Crippen LogP contribution in [-0.2, 0) is 6.61 Å². The number of aromatic nitrogens is 2. The molecule has 0 aliphatic rings. The summed E-state index contributed by atoms with van der Waals surface area (Å²) in [6.45, 7) is 3.88. The Labute approximate surface area is 138 Å². The van der Waals surface area contributed by atoms with Gasteiger partial charge in [-0.15, -0.1) is 11.3 Å². The van der Waals surface area contributed by atoms with Crippen molar-refractivity contribution in [1.82, 2.24) is 9.97 Å². The summed E-state index contributed by atoms with van der Waals surface area (Å²) in [4.78, 5) is 8.63. The van der Waals surface area contributed by atoms with E-state index in [9.17, 15) is 5.11 Å². The van der Waals surface area contributed by atoms with Crippen molar-refractivity contribution in [2.45, 2.75) is 20.5 Å². The molecule has 1 aromatic carbocycles. The lowest BCUT2D eigenvalue weighted by Crippen LogP contribution is -1.96. The van der Waals surface area contributed by atoms with E-state index in [0.29, 0.717) is 11.6 Å². The lowest BCUT2D eigenvalue weighted by atomic mass is 10.1. The number of anilines is 2. The molecule has 0 bridgehead atoms. The third kappa shape index (κ3) is 3.67. The summed E-state index contributed by atoms with van der Waals surface area (Å²) >= 11 is 1.53. The second kappa shape index (κ2) is 6.76. The van der Waals surface area contributed by atoms with Crippen LogP contribution in [-0.4, -0.2) is 15.1 Å². The Bertz CT molecular complexity index is 817. The number of nitrogens with zero attached hydrogens (tertiary/aromatic N) is 2. The summed E-state index contributed by atoms with van der Waals surface area (Å²) in [6, 6.07) is 9.25. The zero-order valence-electron chi connectivity index (χ0n) is 12.9. The second-order valence-corrected chi connectivity index (χ2v) is 5.95. The lowest BCUT2D eigenvalue weighted by molar-refractivity contribution is 0.280. The Hall–Kier alpha value is -2.44. The summed E-state index contributed by atoms with van der Waals surface area (Å²) in [5.41, 5.74) is 2.76. The summed E-state index contributed by atoms with van der Waals surface area (Å²) in [5.74, 6) is 2.07. The van der Waals surface area contributed by atoms with E-state index in [0.717, 1.165) is 27.7 Å². The van der Waals surface area contributed by atoms with Crippen LogP contribution in [0.15, 0.2) is 41.9 Å². The molecule has 0 aliphatic heterocycles. The number of hydrogen-bond acceptors (Lipinski definition) is 6. The average Bonchev–Trinajstić information content (AvgIpc) is 2.95. The van der Waals surface area contributed by atoms with E-state index in [1.54, 1.807) is 12.3 Å². The molecule has 2 aromatic heterocycles. The van der Waals surface area contributed by atoms with Crippen LogP contribution in [0.25, 0.3) is 0 Å². The number of pyridine rings is 1. The number of aryl methyl sites for hydroxylation is 1. The highest BCUT2D eigenvalue weighted by Crippen LogP contribution is 2.29. The molecule has 0 amide bonds. The van der Waals surface area contributed by atoms with Crippen molar-refractivity contribution in [3.8, 4) is 11.5 Å². The Kier molecular flexibility index (Phi) is 4.55. The third-order valence-corrected chi connectivity index (χ3v) is 4.26. The number of hydrogen-bond donors (Lipinski definition) is 2. The molecule has 0 unspecified atom stereocenters. The van der Waals surface area contributed by atoms with Gasteiger partial charge in [0.15, 0.2) is 5.13 Å². The normalized spacial score (nSPS) is 10.6. The average molecular weight is 327 g/mol. The fourth-order valence-electron chi connectivity index (χ4n) is 2.13. The van der Waals surface area contributed by atoms with Crippen LogP contribution in [0, 0.1) is 13.8 Å². The van der Waals surface area contributed by atoms with Crippen molar-refractivity contribution in [1.29, 1.82) is 0 Å². The first-order valence-corrected chi connectivity index (χ1v) is 8.06. The molecule has 0 saturated heterocycles. The fraction of sp³-hybridized carbons (Fsp3) is 0.176. The van der Waals surface area contributed by atoms with Gasteiger partial charge in [-0.3, -0.25) is 0 Å². The quantitative estimate of drug-likeness (QED) is 0.736. The van der Waals surface area contributed by atoms with Crippen molar-refractivity contribution in [3.63, 3.8) is 0 Å². The maximum Gasteiger partial charge on any atom is 0.188 e. The number of benzene rings is 1. The second-order valence-electron chi connectivity index (χ2n) is 5.10. The zero-order valence-corrected chi connectivity index (χ0v) is 13.7. The van der Waals surface area contributed by atoms with Crippen LogP contribution in [0.1, 0.15) is 16.8 Å². The minimum absolute atomic E-state index is 0.00438. The van der Waals surface area contributed by atoms with Crippen LogP contribution in [0.4, 0.5) is 10.9 Å². The Morgan fingerprint density at radius 1 is 1.26 bits per heavy atom. The van der Waals surface area contributed by atoms with E-state index >= 15 is 0 Å². The van der Waals surface area contributed by atoms with Crippen LogP contribution in [0.2, 0.25) is 0 Å². The van der Waals surface area contributed by atoms with Crippen molar-refractivity contribution in [2.75, 3.05) is 5.32 Å². The van der Waals surface area contributed by atoms with Crippen molar-refractivity contribution in [3.05, 3.63) is 58.7 Å². The molecular formula is C17H17N3O2S. The molecule has 3 rings (SSSR count). The molecule has 0 fully saturated rings. The molecule has 0 radical (unpaired) electrons. The molecule has 0 spiro atoms. The van der Waals surface area contributed by atoms with Crippen LogP contribution in [0.5, 0.6) is 11.5 Å². The van der Waals surface area contributed by atoms with E-state index in [1.165, 1.54) is 11.3 Å². The maximum absolute atomic E-state index is 9.34. The first kappa shape index (κ1) is 15.5. The van der Waals surface area contributed by atoms with Gasteiger partial charge in [0.1, 0.15) is 17.3 Å². The first-order chi connectivity index (χ1) is 11.2. The van der Waals surface area contributed by atoms with E-state index in [-0.39, 0.29) is 6.61 Å². The largest absolute Gasteiger partial charge is 0.457 e. The monoisotopic (exact) mass is 327 g/mol. The topological polar surface area (TPSA) is 67.3 Å². The fourth-order valence-corrected chi connectivity index (χ4v) is 2.83. The molecule has 118 valence electrons. The van der Waals surface area contributed by atoms with Gasteiger partial charge in [0.05, 0.1) is 12.3 Å². The predicted molar refractivity (Wildman–Crippen MR) is 91.5 cm³/mol. The summed E-state index contributed by atoms with van der Waals surface area (Å²) in [7, 11) is 0. The van der Waals surface area contributed by atoms with E-state index in [1.807, 2.05) is 43.5 Å². The van der Waals surface area contributed by atoms with E-state index < -0.39 is 0 Å². The van der Waals surface area contributed by atoms with Gasteiger partial charge in [0, 0.05) is 17.6 Å². The minimum atomic E-state index is -0.00438. The number of thiazole rings is 1. The standard InChI is InChI=1S/C17H17N3O2S/c1-11-10-23-17(19-11)20-16-8-14(6-7-18-16)22-15-5-3-4-13(9-21)12(15)2/h3-8,10,21H,9H2,1-2H3,(H,18,19,20). The number of aliphatic hydroxyl groups is 1. The van der Waals surface area contributed by atoms with Gasteiger partial charge < -0.3 is 15.2 Å². The minimum Gasteiger partial charge on any atom is -0.457 e. The molecule has 2 N–H and O–H groups in total. The zero-order chi connectivity index (χ0) is 16.2. The highest BCUT2D eigenvalue weighted by Gasteiger charge is 2.07. The highest BCUT2D eigenvalue weighted by molar-refractivity contribution is 7.13. The smallest absolute Gasteiger partial charge is 0.188 e. The van der Waals surface area contributed by atoms with Crippen molar-refractivity contribution >= 4 is 22.3 Å². The third-order valence-electron chi connectivity index (χ3n) is 3.38. The Balaban J connectivity index is 1.80. The van der Waals surface area contributed by atoms with Gasteiger partial charge in [-0.05, 0) is 37.1 Å². The van der Waals surface area contributed by atoms with Crippen LogP contribution >= 0.6 is 11.3 Å². The highest BCUT2D eigenvalue weighted by atomic mass is 32.1. The molecule has 6 heteroatoms. The van der Waals surface area contributed by atoms with Gasteiger partial charge >= 0.3 is 0 Å². The first-order valence-electron chi connectivity index (χ1n) is 7.18. The van der Waals surface area contributed by atoms with E-state index in [4.69, 9.17) is 4.74 Å². The summed E-state index contributed by atoms with van der Waals surface area (Å²) in [5, 5.41) is 15.3. The maximum atomic E-state index is 9.34. The molecule has 5 nitrogen and oxygen atoms in total. The Morgan fingerprint density at radius 2 is 2.13 bits per heavy atom. The predicted octanol–water partition coefficient (Wildman–Crippen LogP) is 4.18. The number of rotatable bonds is 5. The molecule has 0 atom stereocenters. The van der Waals surface area contributed by atoms with Gasteiger partial charge in [-0.25, -0.2) is 9.97 Å². The molecule has 2 heterocycles. The van der Waals surface area contributed by atoms with Gasteiger partial charge in [-0.2, -0.15) is 0 Å². The lowest BCUT2D eigenvalue weighted by Gasteiger charge is -2.12. The van der Waals surface area contributed by atoms with E-state index in [2.05, 4.69) is 15.3 Å². The van der Waals surface area contributed by atoms with Gasteiger partial charge in [-0.1, -0.05) is 12.1 Å². The van der Waals surface area contributed by atoms with Gasteiger partial charge in [0.2, 0.25) is 0 Å². The molecule has 23 heavy (non-hydrogen) atoms. The van der Waals surface area contributed by atoms with Crippen molar-refractivity contribution in [2.24, 2.45) is 0 Å². The summed E-state index contributed by atoms with van der Waals surface area (Å²) < 4.78 is 5.93. The molecule has 0 saturated carbocycles. The molecular weight excluding hydrogens is 310 g/mol. The van der Waals surface area contributed by atoms with Crippen LogP contribution in [0.3, 0.4) is 0 Å². The van der Waals surface area contributed by atoms with Crippen LogP contribution < -0.4 is 10.1 Å². The molecule has 0 aliphatic carbocycles. The molecule has 3 aromatic rings. The Morgan fingerprint density at radius 3 is 2.87 bits per heavy atom. The SMILES string of the molecule is Cc1csc(Nc2cc(Oc3cccc(CO)c3C)ccn2)n1. The number of nitrogens with one attached hydrogen (secondary N) is 1. The van der Waals surface area contributed by atoms with Crippen molar-refractivity contribution < 1.29 is 9.84 Å². The number of ether oxygens (including phenoxy) is 1. The van der Waals surface area contributed by atoms with Gasteiger partial charge in [0.25, 0.3) is 0 Å².